The lowest BCUT2D eigenvalue weighted by atomic mass is 10.0. The maximum absolute atomic E-state index is 12.3. The standard InChI is InChI=1S/C25H27N5O2/c1-18-27-16-21(22-7-4-5-13-26-22)25(29-18)20-11-9-19(10-12-20)15-28-23(31)17-30-14-6-2-3-8-24(30)32/h4-5,7,9-13,16H,2-3,6,8,14-15,17H2,1H3,(H,28,31). The van der Waals surface area contributed by atoms with Crippen LogP contribution >= 0.6 is 0 Å². The Morgan fingerprint density at radius 1 is 1.06 bits per heavy atom. The summed E-state index contributed by atoms with van der Waals surface area (Å²) in [6, 6.07) is 13.7. The number of pyridine rings is 1. The van der Waals surface area contributed by atoms with Gasteiger partial charge in [0.2, 0.25) is 11.8 Å². The molecule has 1 aromatic carbocycles. The molecule has 0 spiro atoms. The van der Waals surface area contributed by atoms with Gasteiger partial charge in [-0.15, -0.1) is 0 Å². The minimum Gasteiger partial charge on any atom is -0.350 e. The Labute approximate surface area is 187 Å². The van der Waals surface area contributed by atoms with Gasteiger partial charge >= 0.3 is 0 Å². The van der Waals surface area contributed by atoms with Crippen LogP contribution in [0.25, 0.3) is 22.5 Å². The SMILES string of the molecule is Cc1ncc(-c2ccccn2)c(-c2ccc(CNC(=O)CN3CCCCCC3=O)cc2)n1. The molecule has 3 aromatic rings. The first-order valence-electron chi connectivity index (χ1n) is 11.0. The molecule has 0 radical (unpaired) electrons. The van der Waals surface area contributed by atoms with Crippen LogP contribution in [0.15, 0.2) is 54.9 Å². The number of amides is 2. The van der Waals surface area contributed by atoms with Crippen molar-refractivity contribution in [1.29, 1.82) is 0 Å². The van der Waals surface area contributed by atoms with Crippen molar-refractivity contribution in [3.8, 4) is 22.5 Å². The Morgan fingerprint density at radius 3 is 2.69 bits per heavy atom. The average molecular weight is 430 g/mol. The van der Waals surface area contributed by atoms with Gasteiger partial charge in [0.15, 0.2) is 0 Å². The number of rotatable bonds is 6. The zero-order valence-corrected chi connectivity index (χ0v) is 18.3. The highest BCUT2D eigenvalue weighted by Crippen LogP contribution is 2.28. The minimum absolute atomic E-state index is 0.0749. The summed E-state index contributed by atoms with van der Waals surface area (Å²) >= 11 is 0. The molecule has 1 fully saturated rings. The largest absolute Gasteiger partial charge is 0.350 e. The van der Waals surface area contributed by atoms with Crippen LogP contribution in [-0.2, 0) is 16.1 Å². The monoisotopic (exact) mass is 429 g/mol. The molecule has 7 nitrogen and oxygen atoms in total. The van der Waals surface area contributed by atoms with E-state index in [0.29, 0.717) is 25.3 Å². The van der Waals surface area contributed by atoms with E-state index in [2.05, 4.69) is 20.3 Å². The third-order valence-electron chi connectivity index (χ3n) is 5.57. The Bertz CT molecular complexity index is 1080. The van der Waals surface area contributed by atoms with Gasteiger partial charge in [-0.3, -0.25) is 14.6 Å². The van der Waals surface area contributed by atoms with Crippen molar-refractivity contribution in [3.63, 3.8) is 0 Å². The number of aryl methyl sites for hydroxylation is 1. The smallest absolute Gasteiger partial charge is 0.239 e. The Morgan fingerprint density at radius 2 is 1.91 bits per heavy atom. The minimum atomic E-state index is -0.131. The number of carbonyl (C=O) groups excluding carboxylic acids is 2. The number of hydrogen-bond acceptors (Lipinski definition) is 5. The number of hydrogen-bond donors (Lipinski definition) is 1. The van der Waals surface area contributed by atoms with E-state index in [9.17, 15) is 9.59 Å². The Balaban J connectivity index is 1.42. The summed E-state index contributed by atoms with van der Waals surface area (Å²) in [7, 11) is 0. The predicted octanol–water partition coefficient (Wildman–Crippen LogP) is 3.53. The molecule has 1 N–H and O–H groups in total. The van der Waals surface area contributed by atoms with E-state index >= 15 is 0 Å². The van der Waals surface area contributed by atoms with Crippen LogP contribution in [0, 0.1) is 6.92 Å². The van der Waals surface area contributed by atoms with Crippen LogP contribution < -0.4 is 5.32 Å². The molecular formula is C25H27N5O2. The Kier molecular flexibility index (Phi) is 6.84. The fraction of sp³-hybridized carbons (Fsp3) is 0.320. The first kappa shape index (κ1) is 21.6. The molecule has 7 heteroatoms. The van der Waals surface area contributed by atoms with Gasteiger partial charge in [0.05, 0.1) is 17.9 Å². The second kappa shape index (κ2) is 10.1. The van der Waals surface area contributed by atoms with Crippen molar-refractivity contribution in [2.75, 3.05) is 13.1 Å². The van der Waals surface area contributed by atoms with Gasteiger partial charge in [0.25, 0.3) is 0 Å². The summed E-state index contributed by atoms with van der Waals surface area (Å²) in [6.07, 6.45) is 7.02. The summed E-state index contributed by atoms with van der Waals surface area (Å²) < 4.78 is 0. The molecule has 164 valence electrons. The first-order valence-corrected chi connectivity index (χ1v) is 11.0. The number of likely N-dealkylation sites (tertiary alicyclic amines) is 1. The van der Waals surface area contributed by atoms with Crippen molar-refractivity contribution < 1.29 is 9.59 Å². The fourth-order valence-electron chi connectivity index (χ4n) is 3.82. The van der Waals surface area contributed by atoms with Gasteiger partial charge < -0.3 is 10.2 Å². The molecule has 4 rings (SSSR count). The van der Waals surface area contributed by atoms with E-state index in [1.54, 1.807) is 17.3 Å². The van der Waals surface area contributed by atoms with E-state index in [4.69, 9.17) is 0 Å². The number of nitrogens with zero attached hydrogens (tertiary/aromatic N) is 4. The lowest BCUT2D eigenvalue weighted by molar-refractivity contribution is -0.135. The summed E-state index contributed by atoms with van der Waals surface area (Å²) in [5.74, 6) is 0.637. The van der Waals surface area contributed by atoms with E-state index in [0.717, 1.165) is 47.3 Å². The van der Waals surface area contributed by atoms with E-state index in [1.807, 2.05) is 49.4 Å². The normalized spacial score (nSPS) is 14.2. The van der Waals surface area contributed by atoms with Crippen molar-refractivity contribution >= 4 is 11.8 Å². The summed E-state index contributed by atoms with van der Waals surface area (Å²) in [5, 5.41) is 2.92. The summed E-state index contributed by atoms with van der Waals surface area (Å²) in [4.78, 5) is 39.5. The quantitative estimate of drug-likeness (QED) is 0.648. The molecule has 1 aliphatic heterocycles. The van der Waals surface area contributed by atoms with E-state index in [1.165, 1.54) is 0 Å². The highest BCUT2D eigenvalue weighted by molar-refractivity contribution is 5.85. The molecule has 0 aliphatic carbocycles. The molecule has 1 saturated heterocycles. The molecule has 0 unspecified atom stereocenters. The highest BCUT2D eigenvalue weighted by Gasteiger charge is 2.19. The number of nitrogens with one attached hydrogen (secondary N) is 1. The van der Waals surface area contributed by atoms with Gasteiger partial charge in [0.1, 0.15) is 5.82 Å². The lowest BCUT2D eigenvalue weighted by Crippen LogP contribution is -2.40. The molecule has 32 heavy (non-hydrogen) atoms. The molecule has 3 heterocycles. The number of benzene rings is 1. The van der Waals surface area contributed by atoms with Gasteiger partial charge in [-0.2, -0.15) is 0 Å². The van der Waals surface area contributed by atoms with E-state index < -0.39 is 0 Å². The van der Waals surface area contributed by atoms with Gasteiger partial charge in [-0.25, -0.2) is 9.97 Å². The first-order chi connectivity index (χ1) is 15.6. The highest BCUT2D eigenvalue weighted by atomic mass is 16.2. The number of aromatic nitrogens is 3. The predicted molar refractivity (Wildman–Crippen MR) is 122 cm³/mol. The fourth-order valence-corrected chi connectivity index (χ4v) is 3.82. The summed E-state index contributed by atoms with van der Waals surface area (Å²) in [6.45, 7) is 3.07. The molecule has 2 aromatic heterocycles. The van der Waals surface area contributed by atoms with Gasteiger partial charge in [0, 0.05) is 43.0 Å². The number of carbonyl (C=O) groups is 2. The van der Waals surface area contributed by atoms with Crippen LogP contribution in [0.2, 0.25) is 0 Å². The zero-order chi connectivity index (χ0) is 22.3. The second-order valence-electron chi connectivity index (χ2n) is 7.99. The zero-order valence-electron chi connectivity index (χ0n) is 18.3. The average Bonchev–Trinajstić information content (AvgIpc) is 3.02. The second-order valence-corrected chi connectivity index (χ2v) is 7.99. The van der Waals surface area contributed by atoms with E-state index in [-0.39, 0.29) is 18.4 Å². The molecular weight excluding hydrogens is 402 g/mol. The third kappa shape index (κ3) is 5.35. The van der Waals surface area contributed by atoms with Crippen LogP contribution in [0.5, 0.6) is 0 Å². The third-order valence-corrected chi connectivity index (χ3v) is 5.57. The lowest BCUT2D eigenvalue weighted by Gasteiger charge is -2.19. The molecule has 0 saturated carbocycles. The van der Waals surface area contributed by atoms with Crippen LogP contribution in [0.3, 0.4) is 0 Å². The van der Waals surface area contributed by atoms with Crippen molar-refractivity contribution in [1.82, 2.24) is 25.2 Å². The molecule has 2 amide bonds. The van der Waals surface area contributed by atoms with Crippen molar-refractivity contribution in [2.45, 2.75) is 39.2 Å². The topological polar surface area (TPSA) is 88.1 Å². The Hall–Kier alpha value is -3.61. The summed E-state index contributed by atoms with van der Waals surface area (Å²) in [5.41, 5.74) is 4.46. The van der Waals surface area contributed by atoms with Gasteiger partial charge in [-0.05, 0) is 37.5 Å². The van der Waals surface area contributed by atoms with Crippen molar-refractivity contribution in [2.24, 2.45) is 0 Å². The molecule has 0 bridgehead atoms. The van der Waals surface area contributed by atoms with Gasteiger partial charge in [-0.1, -0.05) is 36.8 Å². The van der Waals surface area contributed by atoms with Crippen LogP contribution in [0.4, 0.5) is 0 Å². The maximum Gasteiger partial charge on any atom is 0.239 e. The van der Waals surface area contributed by atoms with Crippen LogP contribution in [0.1, 0.15) is 37.1 Å². The van der Waals surface area contributed by atoms with Crippen LogP contribution in [-0.4, -0.2) is 44.8 Å². The molecule has 1 aliphatic rings. The molecule has 0 atom stereocenters. The maximum atomic E-state index is 12.3. The van der Waals surface area contributed by atoms with Crippen molar-refractivity contribution in [3.05, 3.63) is 66.2 Å².